The molecule has 50 valence electrons. The average molecular weight is 134 g/mol. The van der Waals surface area contributed by atoms with E-state index in [9.17, 15) is 0 Å². The highest BCUT2D eigenvalue weighted by molar-refractivity contribution is 5.49. The lowest BCUT2D eigenvalue weighted by Crippen LogP contribution is -1.89. The highest BCUT2D eigenvalue weighted by atomic mass is 15.3. The van der Waals surface area contributed by atoms with Gasteiger partial charge in [0.15, 0.2) is 5.65 Å². The summed E-state index contributed by atoms with van der Waals surface area (Å²) in [6, 6.07) is 3.55. The van der Waals surface area contributed by atoms with Crippen molar-refractivity contribution in [1.29, 1.82) is 0 Å². The third kappa shape index (κ3) is 0.621. The summed E-state index contributed by atoms with van der Waals surface area (Å²) in [5.41, 5.74) is 6.99. The Kier molecular flexibility index (Phi) is 0.887. The van der Waals surface area contributed by atoms with E-state index < -0.39 is 0 Å². The molecule has 0 fully saturated rings. The summed E-state index contributed by atoms with van der Waals surface area (Å²) in [5.74, 6) is 0. The number of hydrogen-bond donors (Lipinski definition) is 1. The van der Waals surface area contributed by atoms with Crippen LogP contribution in [0.2, 0.25) is 0 Å². The lowest BCUT2D eigenvalue weighted by atomic mass is 10.4. The first-order valence-corrected chi connectivity index (χ1v) is 2.91. The van der Waals surface area contributed by atoms with Crippen molar-refractivity contribution in [2.24, 2.45) is 0 Å². The van der Waals surface area contributed by atoms with Crippen molar-refractivity contribution < 1.29 is 0 Å². The smallest absolute Gasteiger partial charge is 0.157 e. The predicted molar refractivity (Wildman–Crippen MR) is 37.4 cm³/mol. The number of anilines is 1. The SMILES string of the molecule is Nc1ccn2ncnc2c1. The maximum Gasteiger partial charge on any atom is 0.157 e. The Morgan fingerprint density at radius 2 is 2.40 bits per heavy atom. The molecule has 0 radical (unpaired) electrons. The number of nitrogens with two attached hydrogens (primary N) is 1. The number of pyridine rings is 1. The highest BCUT2D eigenvalue weighted by Crippen LogP contribution is 2.03. The van der Waals surface area contributed by atoms with Gasteiger partial charge in [-0.1, -0.05) is 0 Å². The number of fused-ring (bicyclic) bond motifs is 1. The Morgan fingerprint density at radius 1 is 1.50 bits per heavy atom. The maximum absolute atomic E-state index is 5.50. The van der Waals surface area contributed by atoms with Gasteiger partial charge in [0.1, 0.15) is 6.33 Å². The zero-order chi connectivity index (χ0) is 6.97. The molecule has 4 nitrogen and oxygen atoms in total. The Labute approximate surface area is 57.3 Å². The van der Waals surface area contributed by atoms with Crippen LogP contribution in [0.1, 0.15) is 0 Å². The summed E-state index contributed by atoms with van der Waals surface area (Å²) in [6.07, 6.45) is 3.27. The van der Waals surface area contributed by atoms with Crippen molar-refractivity contribution in [1.82, 2.24) is 14.6 Å². The molecule has 2 aromatic rings. The van der Waals surface area contributed by atoms with Crippen molar-refractivity contribution in [2.75, 3.05) is 5.73 Å². The minimum Gasteiger partial charge on any atom is -0.399 e. The van der Waals surface area contributed by atoms with Crippen LogP contribution in [0.3, 0.4) is 0 Å². The summed E-state index contributed by atoms with van der Waals surface area (Å²) < 4.78 is 1.66. The topological polar surface area (TPSA) is 56.2 Å². The van der Waals surface area contributed by atoms with E-state index in [4.69, 9.17) is 5.73 Å². The van der Waals surface area contributed by atoms with E-state index in [2.05, 4.69) is 10.1 Å². The van der Waals surface area contributed by atoms with E-state index in [-0.39, 0.29) is 0 Å². The monoisotopic (exact) mass is 134 g/mol. The van der Waals surface area contributed by atoms with Crippen molar-refractivity contribution in [3.05, 3.63) is 24.7 Å². The van der Waals surface area contributed by atoms with Gasteiger partial charge in [-0.05, 0) is 6.07 Å². The van der Waals surface area contributed by atoms with Crippen LogP contribution in [0.4, 0.5) is 5.69 Å². The summed E-state index contributed by atoms with van der Waals surface area (Å²) in [5, 5.41) is 3.91. The van der Waals surface area contributed by atoms with Crippen LogP contribution >= 0.6 is 0 Å². The van der Waals surface area contributed by atoms with E-state index in [1.807, 2.05) is 0 Å². The Hall–Kier alpha value is -1.58. The molecule has 2 heterocycles. The third-order valence-electron chi connectivity index (χ3n) is 1.30. The Morgan fingerprint density at radius 3 is 3.30 bits per heavy atom. The van der Waals surface area contributed by atoms with Gasteiger partial charge in [-0.25, -0.2) is 9.50 Å². The normalized spacial score (nSPS) is 10.4. The molecule has 0 aliphatic carbocycles. The molecule has 0 amide bonds. The quantitative estimate of drug-likeness (QED) is 0.564. The third-order valence-corrected chi connectivity index (χ3v) is 1.30. The van der Waals surface area contributed by atoms with Gasteiger partial charge in [-0.15, -0.1) is 0 Å². The minimum absolute atomic E-state index is 0.709. The van der Waals surface area contributed by atoms with Crippen LogP contribution in [-0.2, 0) is 0 Å². The molecular weight excluding hydrogens is 128 g/mol. The van der Waals surface area contributed by atoms with Crippen LogP contribution in [0.25, 0.3) is 5.65 Å². The van der Waals surface area contributed by atoms with Gasteiger partial charge in [0.05, 0.1) is 0 Å². The standard InChI is InChI=1S/C6H6N4/c7-5-1-2-10-6(3-5)8-4-9-10/h1-4H,7H2. The van der Waals surface area contributed by atoms with Crippen LogP contribution < -0.4 is 5.73 Å². The molecular formula is C6H6N4. The first-order chi connectivity index (χ1) is 4.86. The molecule has 0 saturated heterocycles. The minimum atomic E-state index is 0.709. The Balaban J connectivity index is 2.86. The lowest BCUT2D eigenvalue weighted by Gasteiger charge is -1.91. The van der Waals surface area contributed by atoms with Crippen molar-refractivity contribution in [3.63, 3.8) is 0 Å². The molecule has 2 aromatic heterocycles. The van der Waals surface area contributed by atoms with Crippen LogP contribution in [0.5, 0.6) is 0 Å². The molecule has 0 aliphatic rings. The maximum atomic E-state index is 5.50. The molecule has 0 aromatic carbocycles. The van der Waals surface area contributed by atoms with E-state index in [0.717, 1.165) is 5.65 Å². The average Bonchev–Trinajstić information content (AvgIpc) is 2.33. The molecule has 10 heavy (non-hydrogen) atoms. The van der Waals surface area contributed by atoms with Crippen molar-refractivity contribution in [3.8, 4) is 0 Å². The number of nitrogen functional groups attached to an aromatic ring is 1. The number of aromatic nitrogens is 3. The summed E-state index contributed by atoms with van der Waals surface area (Å²) in [4.78, 5) is 3.95. The second-order valence-corrected chi connectivity index (χ2v) is 2.02. The second kappa shape index (κ2) is 1.70. The fraction of sp³-hybridized carbons (Fsp3) is 0. The fourth-order valence-electron chi connectivity index (χ4n) is 0.831. The number of hydrogen-bond acceptors (Lipinski definition) is 3. The molecule has 2 N–H and O–H groups in total. The van der Waals surface area contributed by atoms with Gasteiger partial charge in [0, 0.05) is 18.0 Å². The predicted octanol–water partition coefficient (Wildman–Crippen LogP) is 0.311. The van der Waals surface area contributed by atoms with E-state index in [1.54, 1.807) is 22.8 Å². The van der Waals surface area contributed by atoms with Crippen molar-refractivity contribution in [2.45, 2.75) is 0 Å². The van der Waals surface area contributed by atoms with Gasteiger partial charge in [-0.2, -0.15) is 5.10 Å². The number of nitrogens with zero attached hydrogens (tertiary/aromatic N) is 3. The first-order valence-electron chi connectivity index (χ1n) is 2.91. The summed E-state index contributed by atoms with van der Waals surface area (Å²) in [7, 11) is 0. The molecule has 2 rings (SSSR count). The zero-order valence-corrected chi connectivity index (χ0v) is 5.23. The molecule has 0 unspecified atom stereocenters. The molecule has 0 bridgehead atoms. The van der Waals surface area contributed by atoms with Crippen LogP contribution in [0, 0.1) is 0 Å². The highest BCUT2D eigenvalue weighted by Gasteiger charge is 1.92. The van der Waals surface area contributed by atoms with Gasteiger partial charge in [-0.3, -0.25) is 0 Å². The first kappa shape index (κ1) is 5.22. The second-order valence-electron chi connectivity index (χ2n) is 2.02. The molecule has 0 aliphatic heterocycles. The van der Waals surface area contributed by atoms with Crippen LogP contribution in [-0.4, -0.2) is 14.6 Å². The summed E-state index contributed by atoms with van der Waals surface area (Å²) in [6.45, 7) is 0. The van der Waals surface area contributed by atoms with Gasteiger partial charge >= 0.3 is 0 Å². The number of rotatable bonds is 0. The zero-order valence-electron chi connectivity index (χ0n) is 5.23. The van der Waals surface area contributed by atoms with E-state index >= 15 is 0 Å². The Bertz CT molecular complexity index is 351. The van der Waals surface area contributed by atoms with E-state index in [1.165, 1.54) is 6.33 Å². The van der Waals surface area contributed by atoms with Gasteiger partial charge < -0.3 is 5.73 Å². The van der Waals surface area contributed by atoms with E-state index in [0.29, 0.717) is 5.69 Å². The lowest BCUT2D eigenvalue weighted by molar-refractivity contribution is 0.962. The molecule has 0 spiro atoms. The molecule has 4 heteroatoms. The molecule has 0 atom stereocenters. The van der Waals surface area contributed by atoms with Gasteiger partial charge in [0.25, 0.3) is 0 Å². The largest absolute Gasteiger partial charge is 0.399 e. The van der Waals surface area contributed by atoms with Gasteiger partial charge in [0.2, 0.25) is 0 Å². The van der Waals surface area contributed by atoms with Crippen LogP contribution in [0.15, 0.2) is 24.7 Å². The van der Waals surface area contributed by atoms with Crippen molar-refractivity contribution >= 4 is 11.3 Å². The molecule has 0 saturated carbocycles. The summed E-state index contributed by atoms with van der Waals surface area (Å²) >= 11 is 0. The fourth-order valence-corrected chi connectivity index (χ4v) is 0.831.